The van der Waals surface area contributed by atoms with Crippen molar-refractivity contribution in [1.82, 2.24) is 4.90 Å². The SMILES string of the molecule is C=CN1CCS(=C)(=C)N=C1C(=NC)c1ccc(CC(C)N)cc1. The molecule has 124 valence electrons. The van der Waals surface area contributed by atoms with Gasteiger partial charge in [0.05, 0.1) is 0 Å². The maximum Gasteiger partial charge on any atom is 0.165 e. The summed E-state index contributed by atoms with van der Waals surface area (Å²) in [5.74, 6) is 10.0. The fraction of sp³-hybridized carbons (Fsp3) is 0.333. The molecule has 0 fully saturated rings. The summed E-state index contributed by atoms with van der Waals surface area (Å²) in [4.78, 5) is 6.49. The van der Waals surface area contributed by atoms with Crippen LogP contribution in [-0.4, -0.2) is 53.6 Å². The highest BCUT2D eigenvalue weighted by atomic mass is 32.2. The van der Waals surface area contributed by atoms with Crippen molar-refractivity contribution in [2.24, 2.45) is 15.1 Å². The zero-order chi connectivity index (χ0) is 17.0. The summed E-state index contributed by atoms with van der Waals surface area (Å²) in [6.07, 6.45) is 2.66. The van der Waals surface area contributed by atoms with Crippen molar-refractivity contribution in [3.05, 3.63) is 48.2 Å². The lowest BCUT2D eigenvalue weighted by molar-refractivity contribution is 0.599. The maximum absolute atomic E-state index is 5.86. The third-order valence-electron chi connectivity index (χ3n) is 3.71. The molecule has 0 aliphatic carbocycles. The van der Waals surface area contributed by atoms with Gasteiger partial charge in [0.15, 0.2) is 5.84 Å². The second kappa shape index (κ2) is 7.15. The van der Waals surface area contributed by atoms with Gasteiger partial charge in [-0.25, -0.2) is 4.40 Å². The van der Waals surface area contributed by atoms with E-state index in [1.165, 1.54) is 5.56 Å². The molecule has 0 amide bonds. The summed E-state index contributed by atoms with van der Waals surface area (Å²) in [5.41, 5.74) is 8.96. The summed E-state index contributed by atoms with van der Waals surface area (Å²) in [6.45, 7) is 6.72. The number of nitrogens with two attached hydrogens (primary N) is 1. The molecule has 1 aromatic rings. The van der Waals surface area contributed by atoms with Crippen molar-refractivity contribution < 1.29 is 0 Å². The lowest BCUT2D eigenvalue weighted by Gasteiger charge is -2.30. The molecule has 1 aliphatic rings. The van der Waals surface area contributed by atoms with Crippen molar-refractivity contribution in [3.8, 4) is 0 Å². The van der Waals surface area contributed by atoms with Crippen LogP contribution in [0, 0.1) is 0 Å². The van der Waals surface area contributed by atoms with E-state index in [1.807, 2.05) is 11.8 Å². The van der Waals surface area contributed by atoms with Gasteiger partial charge < -0.3 is 10.6 Å². The maximum atomic E-state index is 5.86. The summed E-state index contributed by atoms with van der Waals surface area (Å²) in [7, 11) is 0.324. The number of rotatable bonds is 5. The Kier molecular flexibility index (Phi) is 5.44. The number of amidine groups is 1. The van der Waals surface area contributed by atoms with Crippen LogP contribution in [0.2, 0.25) is 0 Å². The van der Waals surface area contributed by atoms with E-state index in [-0.39, 0.29) is 6.04 Å². The van der Waals surface area contributed by atoms with Crippen LogP contribution >= 0.6 is 9.39 Å². The minimum atomic E-state index is -1.46. The molecule has 0 radical (unpaired) electrons. The van der Waals surface area contributed by atoms with Crippen LogP contribution in [-0.2, 0) is 6.42 Å². The molecule has 1 atom stereocenters. The van der Waals surface area contributed by atoms with Gasteiger partial charge in [-0.1, -0.05) is 42.6 Å². The van der Waals surface area contributed by atoms with E-state index in [9.17, 15) is 0 Å². The molecule has 1 aromatic carbocycles. The first kappa shape index (κ1) is 17.5. The van der Waals surface area contributed by atoms with Crippen molar-refractivity contribution in [2.75, 3.05) is 19.3 Å². The molecule has 0 spiro atoms. The van der Waals surface area contributed by atoms with Crippen LogP contribution in [0.4, 0.5) is 0 Å². The van der Waals surface area contributed by atoms with Gasteiger partial charge in [-0.15, -0.1) is 9.39 Å². The minimum Gasteiger partial charge on any atom is -0.330 e. The Morgan fingerprint density at radius 2 is 2.09 bits per heavy atom. The lowest BCUT2D eigenvalue weighted by atomic mass is 10.0. The van der Waals surface area contributed by atoms with Crippen LogP contribution in [0.1, 0.15) is 18.1 Å². The van der Waals surface area contributed by atoms with Gasteiger partial charge in [0.25, 0.3) is 0 Å². The standard InChI is InChI=1S/C18H26N4S/c1-6-22-11-12-23(4,5)21-18(22)17(20-3)16-9-7-15(8-10-16)13-14(2)19/h6-10,14H,1,4-5,11-13,19H2,2-3H3. The number of nitrogens with zero attached hydrogens (tertiary/aromatic N) is 3. The molecular weight excluding hydrogens is 304 g/mol. The van der Waals surface area contributed by atoms with Crippen molar-refractivity contribution >= 4 is 32.7 Å². The van der Waals surface area contributed by atoms with Crippen molar-refractivity contribution in [3.63, 3.8) is 0 Å². The largest absolute Gasteiger partial charge is 0.330 e. The Balaban J connectivity index is 2.39. The summed E-state index contributed by atoms with van der Waals surface area (Å²) in [6, 6.07) is 8.49. The third-order valence-corrected chi connectivity index (χ3v) is 5.21. The number of hydrogen-bond acceptors (Lipinski definition) is 4. The van der Waals surface area contributed by atoms with Crippen LogP contribution in [0.3, 0.4) is 0 Å². The van der Waals surface area contributed by atoms with E-state index >= 15 is 0 Å². The average molecular weight is 331 g/mol. The molecule has 5 heteroatoms. The van der Waals surface area contributed by atoms with Gasteiger partial charge in [-0.3, -0.25) is 4.99 Å². The van der Waals surface area contributed by atoms with Crippen LogP contribution in [0.5, 0.6) is 0 Å². The molecule has 4 nitrogen and oxygen atoms in total. The summed E-state index contributed by atoms with van der Waals surface area (Å²) >= 11 is 0. The molecular formula is C18H26N4S. The second-order valence-electron chi connectivity index (χ2n) is 5.95. The average Bonchev–Trinajstić information content (AvgIpc) is 2.49. The quantitative estimate of drug-likeness (QED) is 0.666. The van der Waals surface area contributed by atoms with E-state index in [4.69, 9.17) is 10.1 Å². The van der Waals surface area contributed by atoms with Crippen molar-refractivity contribution in [2.45, 2.75) is 19.4 Å². The van der Waals surface area contributed by atoms with Crippen molar-refractivity contribution in [1.29, 1.82) is 0 Å². The highest BCUT2D eigenvalue weighted by Gasteiger charge is 2.21. The first-order valence-corrected chi connectivity index (χ1v) is 9.74. The number of aliphatic imine (C=N–C) groups is 1. The van der Waals surface area contributed by atoms with Crippen LogP contribution in [0.15, 0.2) is 46.4 Å². The molecule has 0 saturated carbocycles. The molecule has 2 N–H and O–H groups in total. The molecule has 0 bridgehead atoms. The van der Waals surface area contributed by atoms with Gasteiger partial charge >= 0.3 is 0 Å². The van der Waals surface area contributed by atoms with E-state index in [0.29, 0.717) is 0 Å². The Morgan fingerprint density at radius 1 is 1.43 bits per heavy atom. The molecule has 1 aliphatic heterocycles. The Labute approximate surface area is 140 Å². The second-order valence-corrected chi connectivity index (χ2v) is 8.54. The lowest BCUT2D eigenvalue weighted by Crippen LogP contribution is -2.37. The number of hydrogen-bond donors (Lipinski definition) is 1. The summed E-state index contributed by atoms with van der Waals surface area (Å²) in [5, 5.41) is 0. The Bertz CT molecular complexity index is 725. The highest BCUT2D eigenvalue weighted by Crippen LogP contribution is 2.27. The third kappa shape index (κ3) is 4.33. The van der Waals surface area contributed by atoms with Gasteiger partial charge in [0.1, 0.15) is 5.71 Å². The van der Waals surface area contributed by atoms with E-state index in [2.05, 4.69) is 47.6 Å². The fourth-order valence-electron chi connectivity index (χ4n) is 2.54. The fourth-order valence-corrected chi connectivity index (χ4v) is 3.73. The summed E-state index contributed by atoms with van der Waals surface area (Å²) < 4.78 is 4.77. The van der Waals surface area contributed by atoms with E-state index < -0.39 is 9.39 Å². The van der Waals surface area contributed by atoms with Crippen LogP contribution < -0.4 is 5.73 Å². The monoisotopic (exact) mass is 330 g/mol. The molecule has 2 rings (SSSR count). The molecule has 1 unspecified atom stereocenters. The minimum absolute atomic E-state index is 0.153. The zero-order valence-corrected chi connectivity index (χ0v) is 14.9. The molecule has 0 aromatic heterocycles. The topological polar surface area (TPSA) is 54.0 Å². The smallest absolute Gasteiger partial charge is 0.165 e. The normalized spacial score (nSPS) is 19.2. The van der Waals surface area contributed by atoms with Gasteiger partial charge in [-0.2, -0.15) is 0 Å². The van der Waals surface area contributed by atoms with E-state index in [0.717, 1.165) is 35.8 Å². The predicted molar refractivity (Wildman–Crippen MR) is 107 cm³/mol. The predicted octanol–water partition coefficient (Wildman–Crippen LogP) is 2.44. The van der Waals surface area contributed by atoms with Crippen LogP contribution in [0.25, 0.3) is 0 Å². The Morgan fingerprint density at radius 3 is 2.61 bits per heavy atom. The molecule has 0 saturated heterocycles. The highest BCUT2D eigenvalue weighted by molar-refractivity contribution is 8.26. The number of benzene rings is 1. The van der Waals surface area contributed by atoms with Gasteiger partial charge in [0, 0.05) is 31.0 Å². The van der Waals surface area contributed by atoms with E-state index in [1.54, 1.807) is 13.2 Å². The van der Waals surface area contributed by atoms with Gasteiger partial charge in [-0.05, 0) is 25.1 Å². The Hall–Kier alpha value is -1.85. The first-order valence-electron chi connectivity index (χ1n) is 7.64. The molecule has 23 heavy (non-hydrogen) atoms. The zero-order valence-electron chi connectivity index (χ0n) is 14.0. The molecule has 1 heterocycles. The first-order chi connectivity index (χ1) is 10.9. The van der Waals surface area contributed by atoms with Gasteiger partial charge in [0.2, 0.25) is 0 Å².